The van der Waals surface area contributed by atoms with Crippen molar-refractivity contribution in [3.05, 3.63) is 0 Å². The number of rotatable bonds is 0. The maximum absolute atomic E-state index is 10.9. The third-order valence-corrected chi connectivity index (χ3v) is 1.68. The van der Waals surface area contributed by atoms with Gasteiger partial charge >= 0.3 is 5.97 Å². The van der Waals surface area contributed by atoms with E-state index in [0.29, 0.717) is 13.0 Å². The lowest BCUT2D eigenvalue weighted by Crippen LogP contribution is -2.14. The molecule has 1 saturated heterocycles. The zero-order chi connectivity index (χ0) is 10.1. The van der Waals surface area contributed by atoms with E-state index < -0.39 is 0 Å². The molecule has 1 heterocycles. The average Bonchev–Trinajstić information content (AvgIpc) is 2.21. The van der Waals surface area contributed by atoms with Crippen molar-refractivity contribution in [1.82, 2.24) is 0 Å². The molecule has 0 radical (unpaired) electrons. The Morgan fingerprint density at radius 3 is 2.77 bits per heavy atom. The fraction of sp³-hybridized carbons (Fsp3) is 0.889. The molecule has 0 saturated carbocycles. The van der Waals surface area contributed by atoms with Gasteiger partial charge in [-0.2, -0.15) is 0 Å². The molecule has 0 aromatic rings. The van der Waals surface area contributed by atoms with Gasteiger partial charge in [0.2, 0.25) is 0 Å². The molecule has 0 spiro atoms. The van der Waals surface area contributed by atoms with Crippen LogP contribution in [0.5, 0.6) is 0 Å². The van der Waals surface area contributed by atoms with Crippen LogP contribution in [0, 0.1) is 0 Å². The summed E-state index contributed by atoms with van der Waals surface area (Å²) in [7, 11) is 1.00. The van der Waals surface area contributed by atoms with E-state index in [0.717, 1.165) is 26.6 Å². The minimum atomic E-state index is -0.139. The number of aliphatic hydroxyl groups excluding tert-OH is 1. The predicted octanol–water partition coefficient (Wildman–Crippen LogP) is 0.727. The molecule has 1 rings (SSSR count). The minimum Gasteiger partial charge on any atom is -0.463 e. The summed E-state index contributed by atoms with van der Waals surface area (Å²) in [6.45, 7) is 3.18. The van der Waals surface area contributed by atoms with Crippen LogP contribution in [0.2, 0.25) is 0 Å². The second-order valence-corrected chi connectivity index (χ2v) is 2.81. The lowest BCUT2D eigenvalue weighted by atomic mass is 10.2. The smallest absolute Gasteiger partial charge is 0.308 e. The zero-order valence-corrected chi connectivity index (χ0v) is 8.28. The highest BCUT2D eigenvalue weighted by Gasteiger charge is 2.11. The zero-order valence-electron chi connectivity index (χ0n) is 8.28. The minimum absolute atomic E-state index is 0.0594. The second-order valence-electron chi connectivity index (χ2n) is 2.81. The van der Waals surface area contributed by atoms with Crippen LogP contribution in [0.4, 0.5) is 0 Å². The summed E-state index contributed by atoms with van der Waals surface area (Å²) in [6.07, 6.45) is 2.34. The third-order valence-electron chi connectivity index (χ3n) is 1.68. The van der Waals surface area contributed by atoms with Gasteiger partial charge in [0.05, 0.1) is 19.1 Å². The largest absolute Gasteiger partial charge is 0.463 e. The Morgan fingerprint density at radius 2 is 2.08 bits per heavy atom. The fourth-order valence-corrected chi connectivity index (χ4v) is 1.07. The van der Waals surface area contributed by atoms with E-state index >= 15 is 0 Å². The van der Waals surface area contributed by atoms with Crippen molar-refractivity contribution in [3.8, 4) is 0 Å². The number of hydrogen-bond acceptors (Lipinski definition) is 4. The van der Waals surface area contributed by atoms with Crippen LogP contribution in [0.25, 0.3) is 0 Å². The number of ether oxygens (including phenoxy) is 2. The van der Waals surface area contributed by atoms with Crippen molar-refractivity contribution in [1.29, 1.82) is 0 Å². The van der Waals surface area contributed by atoms with Crippen LogP contribution < -0.4 is 0 Å². The lowest BCUT2D eigenvalue weighted by molar-refractivity contribution is -0.148. The van der Waals surface area contributed by atoms with E-state index in [4.69, 9.17) is 14.6 Å². The number of hydrogen-bond donors (Lipinski definition) is 1. The van der Waals surface area contributed by atoms with Crippen molar-refractivity contribution in [2.75, 3.05) is 20.3 Å². The summed E-state index contributed by atoms with van der Waals surface area (Å²) in [5, 5.41) is 7.00. The summed E-state index contributed by atoms with van der Waals surface area (Å²) in [4.78, 5) is 10.9. The fourth-order valence-electron chi connectivity index (χ4n) is 1.07. The van der Waals surface area contributed by atoms with E-state index in [2.05, 4.69) is 0 Å². The highest BCUT2D eigenvalue weighted by molar-refractivity contribution is 5.69. The first-order valence-corrected chi connectivity index (χ1v) is 4.51. The van der Waals surface area contributed by atoms with Crippen molar-refractivity contribution in [2.24, 2.45) is 0 Å². The maximum Gasteiger partial charge on any atom is 0.308 e. The summed E-state index contributed by atoms with van der Waals surface area (Å²) in [5.41, 5.74) is 0. The highest BCUT2D eigenvalue weighted by Crippen LogP contribution is 2.06. The van der Waals surface area contributed by atoms with Crippen molar-refractivity contribution >= 4 is 5.97 Å². The van der Waals surface area contributed by atoms with Gasteiger partial charge in [0, 0.05) is 13.7 Å². The Hall–Kier alpha value is -0.610. The van der Waals surface area contributed by atoms with Crippen molar-refractivity contribution < 1.29 is 19.4 Å². The van der Waals surface area contributed by atoms with Gasteiger partial charge in [-0.25, -0.2) is 0 Å². The first-order valence-electron chi connectivity index (χ1n) is 4.51. The molecule has 1 aliphatic rings. The molecule has 1 fully saturated rings. The molecule has 1 unspecified atom stereocenters. The molecule has 1 aliphatic heterocycles. The van der Waals surface area contributed by atoms with E-state index in [1.165, 1.54) is 0 Å². The second kappa shape index (κ2) is 8.01. The molecule has 4 nitrogen and oxygen atoms in total. The van der Waals surface area contributed by atoms with E-state index in [1.807, 2.05) is 6.92 Å². The molecule has 0 aromatic heterocycles. The number of carbonyl (C=O) groups is 1. The van der Waals surface area contributed by atoms with Crippen LogP contribution >= 0.6 is 0 Å². The van der Waals surface area contributed by atoms with Crippen LogP contribution in [-0.4, -0.2) is 37.5 Å². The summed E-state index contributed by atoms with van der Waals surface area (Å²) in [6, 6.07) is 0. The summed E-state index contributed by atoms with van der Waals surface area (Å²) >= 11 is 0. The van der Waals surface area contributed by atoms with Gasteiger partial charge in [-0.3, -0.25) is 4.79 Å². The number of esters is 1. The maximum atomic E-state index is 10.9. The van der Waals surface area contributed by atoms with Crippen molar-refractivity contribution in [2.45, 2.75) is 32.3 Å². The Labute approximate surface area is 78.8 Å². The molecule has 4 heteroatoms. The molecule has 78 valence electrons. The monoisotopic (exact) mass is 190 g/mol. The van der Waals surface area contributed by atoms with Gasteiger partial charge in [-0.15, -0.1) is 0 Å². The molecule has 0 aliphatic carbocycles. The molecule has 0 aromatic carbocycles. The van der Waals surface area contributed by atoms with Gasteiger partial charge in [0.15, 0.2) is 0 Å². The predicted molar refractivity (Wildman–Crippen MR) is 48.4 cm³/mol. The Bertz CT molecular complexity index is 136. The molecule has 1 N–H and O–H groups in total. The lowest BCUT2D eigenvalue weighted by Gasteiger charge is -2.09. The molecule has 0 amide bonds. The van der Waals surface area contributed by atoms with Crippen LogP contribution in [0.3, 0.4) is 0 Å². The SMILES string of the molecule is CC1CCCOCCC(=O)O1.CO. The number of carbonyl (C=O) groups excluding carboxylic acids is 1. The van der Waals surface area contributed by atoms with E-state index in [1.54, 1.807) is 0 Å². The van der Waals surface area contributed by atoms with Crippen LogP contribution in [0.15, 0.2) is 0 Å². The molecule has 0 bridgehead atoms. The normalized spacial score (nSPS) is 24.2. The molecular weight excluding hydrogens is 172 g/mol. The summed E-state index contributed by atoms with van der Waals surface area (Å²) < 4.78 is 10.2. The topological polar surface area (TPSA) is 55.8 Å². The average molecular weight is 190 g/mol. The number of aliphatic hydroxyl groups is 1. The molecule has 1 atom stereocenters. The van der Waals surface area contributed by atoms with Gasteiger partial charge in [-0.1, -0.05) is 0 Å². The first kappa shape index (κ1) is 12.4. The molecular formula is C9H18O4. The van der Waals surface area contributed by atoms with E-state index in [-0.39, 0.29) is 12.1 Å². The van der Waals surface area contributed by atoms with Gasteiger partial charge < -0.3 is 14.6 Å². The third kappa shape index (κ3) is 6.54. The molecule has 13 heavy (non-hydrogen) atoms. The standard InChI is InChI=1S/C8H14O3.CH4O/c1-7-3-2-5-10-6-4-8(9)11-7;1-2/h7H,2-6H2,1H3;2H,1H3. The van der Waals surface area contributed by atoms with Gasteiger partial charge in [-0.05, 0) is 19.8 Å². The summed E-state index contributed by atoms with van der Waals surface area (Å²) in [5.74, 6) is -0.139. The highest BCUT2D eigenvalue weighted by atomic mass is 16.5. The Balaban J connectivity index is 0.000000671. The Kier molecular flexibility index (Phi) is 7.63. The van der Waals surface area contributed by atoms with Gasteiger partial charge in [0.25, 0.3) is 0 Å². The quantitative estimate of drug-likeness (QED) is 0.572. The number of cyclic esters (lactones) is 1. The van der Waals surface area contributed by atoms with E-state index in [9.17, 15) is 4.79 Å². The van der Waals surface area contributed by atoms with Crippen LogP contribution in [0.1, 0.15) is 26.2 Å². The van der Waals surface area contributed by atoms with Gasteiger partial charge in [0.1, 0.15) is 0 Å². The Morgan fingerprint density at radius 1 is 1.38 bits per heavy atom. The first-order chi connectivity index (χ1) is 6.29. The van der Waals surface area contributed by atoms with Crippen LogP contribution in [-0.2, 0) is 14.3 Å². The van der Waals surface area contributed by atoms with Crippen molar-refractivity contribution in [3.63, 3.8) is 0 Å².